The summed E-state index contributed by atoms with van der Waals surface area (Å²) in [6.45, 7) is 9.43. The molecule has 2 rings (SSSR count). The second-order valence-corrected chi connectivity index (χ2v) is 7.28. The van der Waals surface area contributed by atoms with E-state index in [-0.39, 0.29) is 18.2 Å². The molecule has 5 heteroatoms. The van der Waals surface area contributed by atoms with E-state index in [1.54, 1.807) is 6.26 Å². The van der Waals surface area contributed by atoms with Gasteiger partial charge in [-0.05, 0) is 59.5 Å². The minimum Gasteiger partial charge on any atom is -0.497 e. The second-order valence-electron chi connectivity index (χ2n) is 7.28. The van der Waals surface area contributed by atoms with Crippen molar-refractivity contribution in [3.8, 4) is 0 Å². The first-order valence-electron chi connectivity index (χ1n) is 8.40. The number of hydrogen-bond acceptors (Lipinski definition) is 4. The van der Waals surface area contributed by atoms with Crippen molar-refractivity contribution in [1.82, 2.24) is 10.2 Å². The third-order valence-electron chi connectivity index (χ3n) is 4.25. The highest BCUT2D eigenvalue weighted by atomic mass is 16.6. The van der Waals surface area contributed by atoms with Gasteiger partial charge in [0.2, 0.25) is 0 Å². The predicted octanol–water partition coefficient (Wildman–Crippen LogP) is 3.06. The van der Waals surface area contributed by atoms with Gasteiger partial charge in [-0.1, -0.05) is 0 Å². The number of carbonyl (C=O) groups is 1. The lowest BCUT2D eigenvalue weighted by Crippen LogP contribution is -2.56. The zero-order valence-corrected chi connectivity index (χ0v) is 14.3. The summed E-state index contributed by atoms with van der Waals surface area (Å²) < 4.78 is 11.1. The molecule has 22 heavy (non-hydrogen) atoms. The van der Waals surface area contributed by atoms with E-state index in [0.717, 1.165) is 38.8 Å². The number of rotatable bonds is 3. The topological polar surface area (TPSA) is 50.8 Å². The van der Waals surface area contributed by atoms with Crippen molar-refractivity contribution in [2.24, 2.45) is 0 Å². The summed E-state index contributed by atoms with van der Waals surface area (Å²) in [5.41, 5.74) is -0.445. The van der Waals surface area contributed by atoms with Gasteiger partial charge < -0.3 is 19.7 Å². The maximum atomic E-state index is 12.3. The van der Waals surface area contributed by atoms with Crippen LogP contribution in [0.1, 0.15) is 53.4 Å². The van der Waals surface area contributed by atoms with E-state index in [1.807, 2.05) is 25.7 Å². The summed E-state index contributed by atoms with van der Waals surface area (Å²) >= 11 is 0. The van der Waals surface area contributed by atoms with Crippen molar-refractivity contribution >= 4 is 6.09 Å². The average Bonchev–Trinajstić information content (AvgIpc) is 2.45. The van der Waals surface area contributed by atoms with Crippen LogP contribution in [0.25, 0.3) is 0 Å². The van der Waals surface area contributed by atoms with Crippen molar-refractivity contribution in [1.29, 1.82) is 0 Å². The lowest BCUT2D eigenvalue weighted by atomic mass is 9.97. The number of hydrogen-bond donors (Lipinski definition) is 1. The zero-order valence-electron chi connectivity index (χ0n) is 14.3. The number of allylic oxidation sites excluding steroid dienone is 1. The minimum atomic E-state index is -0.445. The molecule has 5 nitrogen and oxygen atoms in total. The molecule has 1 fully saturated rings. The highest BCUT2D eigenvalue weighted by molar-refractivity contribution is 5.68. The molecule has 1 saturated heterocycles. The van der Waals surface area contributed by atoms with E-state index in [2.05, 4.69) is 18.3 Å². The Morgan fingerprint density at radius 2 is 2.18 bits per heavy atom. The molecule has 2 heterocycles. The molecule has 0 saturated carbocycles. The van der Waals surface area contributed by atoms with Gasteiger partial charge in [-0.3, -0.25) is 0 Å². The number of amides is 1. The number of ether oxygens (including phenoxy) is 2. The first-order valence-corrected chi connectivity index (χ1v) is 8.40. The molecule has 0 aromatic carbocycles. The summed E-state index contributed by atoms with van der Waals surface area (Å²) in [4.78, 5) is 14.2. The molecule has 0 spiro atoms. The van der Waals surface area contributed by atoms with Crippen molar-refractivity contribution in [2.45, 2.75) is 77.2 Å². The quantitative estimate of drug-likeness (QED) is 0.870. The molecule has 1 amide bonds. The van der Waals surface area contributed by atoms with Crippen molar-refractivity contribution < 1.29 is 14.3 Å². The van der Waals surface area contributed by atoms with Crippen LogP contribution >= 0.6 is 0 Å². The summed E-state index contributed by atoms with van der Waals surface area (Å²) in [5, 5.41) is 3.58. The summed E-state index contributed by atoms with van der Waals surface area (Å²) in [6, 6.07) is 0.443. The number of likely N-dealkylation sites (tertiary alicyclic amines) is 1. The molecule has 0 aliphatic carbocycles. The number of piperidine rings is 1. The molecule has 0 radical (unpaired) electrons. The molecular weight excluding hydrogens is 280 g/mol. The molecular formula is C17H30N2O3. The van der Waals surface area contributed by atoms with E-state index in [4.69, 9.17) is 9.47 Å². The van der Waals surface area contributed by atoms with Crippen LogP contribution < -0.4 is 5.32 Å². The SMILES string of the molecule is CC1C(NCC2CCC=CO2)CCCN1C(=O)OC(C)(C)C. The number of nitrogens with zero attached hydrogens (tertiary/aromatic N) is 1. The Morgan fingerprint density at radius 3 is 2.82 bits per heavy atom. The van der Waals surface area contributed by atoms with Crippen LogP contribution in [0.3, 0.4) is 0 Å². The lowest BCUT2D eigenvalue weighted by molar-refractivity contribution is 0.00605. The van der Waals surface area contributed by atoms with Gasteiger partial charge in [-0.2, -0.15) is 0 Å². The molecule has 0 bridgehead atoms. The van der Waals surface area contributed by atoms with E-state index in [9.17, 15) is 4.79 Å². The molecule has 126 valence electrons. The fourth-order valence-corrected chi connectivity index (χ4v) is 3.01. The van der Waals surface area contributed by atoms with Crippen LogP contribution in [0.2, 0.25) is 0 Å². The normalized spacial score (nSPS) is 29.1. The van der Waals surface area contributed by atoms with Crippen LogP contribution in [0.15, 0.2) is 12.3 Å². The van der Waals surface area contributed by atoms with E-state index >= 15 is 0 Å². The minimum absolute atomic E-state index is 0.141. The molecule has 0 aromatic rings. The molecule has 3 atom stereocenters. The molecule has 2 aliphatic heterocycles. The van der Waals surface area contributed by atoms with Gasteiger partial charge in [0, 0.05) is 25.2 Å². The maximum Gasteiger partial charge on any atom is 0.410 e. The van der Waals surface area contributed by atoms with Crippen LogP contribution in [-0.2, 0) is 9.47 Å². The maximum absolute atomic E-state index is 12.3. The Kier molecular flexibility index (Phi) is 5.73. The fourth-order valence-electron chi connectivity index (χ4n) is 3.01. The van der Waals surface area contributed by atoms with Crippen molar-refractivity contribution in [2.75, 3.05) is 13.1 Å². The van der Waals surface area contributed by atoms with Gasteiger partial charge in [0.25, 0.3) is 0 Å². The third-order valence-corrected chi connectivity index (χ3v) is 4.25. The largest absolute Gasteiger partial charge is 0.497 e. The Labute approximate surface area is 134 Å². The van der Waals surface area contributed by atoms with E-state index in [1.165, 1.54) is 0 Å². The lowest BCUT2D eigenvalue weighted by Gasteiger charge is -2.40. The van der Waals surface area contributed by atoms with Gasteiger partial charge in [-0.25, -0.2) is 4.79 Å². The standard InChI is InChI=1S/C17H30N2O3/c1-13-15(18-12-14-8-5-6-11-21-14)9-7-10-19(13)16(20)22-17(2,3)4/h6,11,13-15,18H,5,7-10,12H2,1-4H3. The Bertz CT molecular complexity index is 403. The van der Waals surface area contributed by atoms with Crippen LogP contribution in [0.4, 0.5) is 4.79 Å². The first-order chi connectivity index (χ1) is 10.4. The highest BCUT2D eigenvalue weighted by Crippen LogP contribution is 2.21. The Hall–Kier alpha value is -1.23. The average molecular weight is 310 g/mol. The van der Waals surface area contributed by atoms with Gasteiger partial charge in [0.1, 0.15) is 11.7 Å². The van der Waals surface area contributed by atoms with Gasteiger partial charge in [0.05, 0.1) is 6.26 Å². The highest BCUT2D eigenvalue weighted by Gasteiger charge is 2.33. The smallest absolute Gasteiger partial charge is 0.410 e. The predicted molar refractivity (Wildman–Crippen MR) is 86.7 cm³/mol. The monoisotopic (exact) mass is 310 g/mol. The molecule has 1 N–H and O–H groups in total. The molecule has 3 unspecified atom stereocenters. The van der Waals surface area contributed by atoms with Gasteiger partial charge in [-0.15, -0.1) is 0 Å². The zero-order chi connectivity index (χ0) is 16.2. The fraction of sp³-hybridized carbons (Fsp3) is 0.824. The molecule has 2 aliphatic rings. The summed E-state index contributed by atoms with van der Waals surface area (Å²) in [5.74, 6) is 0. The van der Waals surface area contributed by atoms with Crippen molar-refractivity contribution in [3.63, 3.8) is 0 Å². The summed E-state index contributed by atoms with van der Waals surface area (Å²) in [7, 11) is 0. The van der Waals surface area contributed by atoms with Crippen LogP contribution in [0, 0.1) is 0 Å². The van der Waals surface area contributed by atoms with Crippen molar-refractivity contribution in [3.05, 3.63) is 12.3 Å². The Balaban J connectivity index is 1.85. The number of nitrogens with one attached hydrogen (secondary N) is 1. The van der Waals surface area contributed by atoms with E-state index in [0.29, 0.717) is 6.04 Å². The second kappa shape index (κ2) is 7.36. The molecule has 0 aromatic heterocycles. The summed E-state index contributed by atoms with van der Waals surface area (Å²) in [6.07, 6.45) is 8.13. The number of carbonyl (C=O) groups excluding carboxylic acids is 1. The Morgan fingerprint density at radius 1 is 1.41 bits per heavy atom. The van der Waals surface area contributed by atoms with Crippen LogP contribution in [-0.4, -0.2) is 47.9 Å². The van der Waals surface area contributed by atoms with Gasteiger partial charge >= 0.3 is 6.09 Å². The third kappa shape index (κ3) is 4.90. The van der Waals surface area contributed by atoms with Crippen LogP contribution in [0.5, 0.6) is 0 Å². The van der Waals surface area contributed by atoms with E-state index < -0.39 is 5.60 Å². The first kappa shape index (κ1) is 17.1. The van der Waals surface area contributed by atoms with Gasteiger partial charge in [0.15, 0.2) is 0 Å².